The SMILES string of the molecule is COc1cc(F)[c]cc1C. The summed E-state index contributed by atoms with van der Waals surface area (Å²) < 4.78 is 17.3. The summed E-state index contributed by atoms with van der Waals surface area (Å²) in [4.78, 5) is 0. The monoisotopic (exact) mass is 139 g/mol. The minimum Gasteiger partial charge on any atom is -0.496 e. The van der Waals surface area contributed by atoms with E-state index in [1.807, 2.05) is 6.92 Å². The van der Waals surface area contributed by atoms with Crippen LogP contribution >= 0.6 is 0 Å². The van der Waals surface area contributed by atoms with E-state index in [2.05, 4.69) is 6.07 Å². The summed E-state index contributed by atoms with van der Waals surface area (Å²) >= 11 is 0. The molecule has 0 N–H and O–H groups in total. The van der Waals surface area contributed by atoms with Gasteiger partial charge in [0, 0.05) is 12.1 Å². The van der Waals surface area contributed by atoms with E-state index < -0.39 is 0 Å². The molecule has 0 saturated carbocycles. The Labute approximate surface area is 59.4 Å². The van der Waals surface area contributed by atoms with Gasteiger partial charge in [-0.2, -0.15) is 0 Å². The molecule has 0 spiro atoms. The molecule has 0 aliphatic heterocycles. The van der Waals surface area contributed by atoms with E-state index in [1.165, 1.54) is 13.2 Å². The van der Waals surface area contributed by atoms with E-state index in [0.29, 0.717) is 5.75 Å². The third-order valence-corrected chi connectivity index (χ3v) is 1.29. The maximum absolute atomic E-state index is 12.4. The lowest BCUT2D eigenvalue weighted by molar-refractivity contribution is 0.408. The smallest absolute Gasteiger partial charge is 0.134 e. The topological polar surface area (TPSA) is 9.23 Å². The summed E-state index contributed by atoms with van der Waals surface area (Å²) in [6.07, 6.45) is 0. The summed E-state index contributed by atoms with van der Waals surface area (Å²) in [5.41, 5.74) is 0.893. The summed E-state index contributed by atoms with van der Waals surface area (Å²) in [5.74, 6) is 0.179. The van der Waals surface area contributed by atoms with E-state index in [4.69, 9.17) is 4.74 Å². The van der Waals surface area contributed by atoms with Crippen molar-refractivity contribution < 1.29 is 9.13 Å². The molecule has 0 aliphatic rings. The van der Waals surface area contributed by atoms with Crippen molar-refractivity contribution >= 4 is 0 Å². The summed E-state index contributed by atoms with van der Waals surface area (Å²) in [6.45, 7) is 1.84. The van der Waals surface area contributed by atoms with Gasteiger partial charge < -0.3 is 4.74 Å². The van der Waals surface area contributed by atoms with Crippen LogP contribution in [0.1, 0.15) is 5.56 Å². The van der Waals surface area contributed by atoms with E-state index in [-0.39, 0.29) is 5.82 Å². The van der Waals surface area contributed by atoms with Crippen molar-refractivity contribution in [2.45, 2.75) is 6.92 Å². The van der Waals surface area contributed by atoms with Gasteiger partial charge in [0.1, 0.15) is 11.6 Å². The van der Waals surface area contributed by atoms with Gasteiger partial charge in [-0.3, -0.25) is 0 Å². The van der Waals surface area contributed by atoms with Crippen molar-refractivity contribution in [1.29, 1.82) is 0 Å². The number of methoxy groups -OCH3 is 1. The molecule has 0 amide bonds. The van der Waals surface area contributed by atoms with E-state index in [1.54, 1.807) is 6.07 Å². The van der Waals surface area contributed by atoms with Crippen LogP contribution in [0.25, 0.3) is 0 Å². The Morgan fingerprint density at radius 1 is 1.60 bits per heavy atom. The summed E-state index contributed by atoms with van der Waals surface area (Å²) in [7, 11) is 1.52. The second-order valence-electron chi connectivity index (χ2n) is 2.03. The molecular formula is C8H8FO. The van der Waals surface area contributed by atoms with Gasteiger partial charge in [0.05, 0.1) is 7.11 Å². The molecule has 0 unspecified atom stereocenters. The third kappa shape index (κ3) is 1.26. The average Bonchev–Trinajstić information content (AvgIpc) is 1.94. The Morgan fingerprint density at radius 2 is 2.30 bits per heavy atom. The van der Waals surface area contributed by atoms with Crippen LogP contribution in [0, 0.1) is 18.8 Å². The predicted octanol–water partition coefficient (Wildman–Crippen LogP) is 1.94. The number of halogens is 1. The Kier molecular flexibility index (Phi) is 1.90. The molecule has 1 nitrogen and oxygen atoms in total. The second-order valence-corrected chi connectivity index (χ2v) is 2.03. The van der Waals surface area contributed by atoms with Crippen molar-refractivity contribution in [2.24, 2.45) is 0 Å². The number of ether oxygens (including phenoxy) is 1. The molecule has 1 rings (SSSR count). The number of hydrogen-bond acceptors (Lipinski definition) is 1. The van der Waals surface area contributed by atoms with Crippen LogP contribution in [-0.2, 0) is 0 Å². The van der Waals surface area contributed by atoms with Crippen molar-refractivity contribution in [3.05, 3.63) is 29.6 Å². The highest BCUT2D eigenvalue weighted by Gasteiger charge is 1.97. The molecule has 0 bridgehead atoms. The van der Waals surface area contributed by atoms with Gasteiger partial charge in [0.25, 0.3) is 0 Å². The van der Waals surface area contributed by atoms with Crippen LogP contribution in [0.4, 0.5) is 4.39 Å². The highest BCUT2D eigenvalue weighted by Crippen LogP contribution is 2.16. The van der Waals surface area contributed by atoms with Gasteiger partial charge in [-0.05, 0) is 18.6 Å². The first-order valence-electron chi connectivity index (χ1n) is 2.96. The Hall–Kier alpha value is -1.05. The van der Waals surface area contributed by atoms with Crippen LogP contribution in [0.2, 0.25) is 0 Å². The van der Waals surface area contributed by atoms with Crippen LogP contribution in [0.5, 0.6) is 5.75 Å². The van der Waals surface area contributed by atoms with Crippen molar-refractivity contribution in [3.63, 3.8) is 0 Å². The average molecular weight is 139 g/mol. The zero-order chi connectivity index (χ0) is 7.56. The van der Waals surface area contributed by atoms with Crippen LogP contribution in [0.3, 0.4) is 0 Å². The molecule has 10 heavy (non-hydrogen) atoms. The molecule has 0 fully saturated rings. The summed E-state index contributed by atoms with van der Waals surface area (Å²) in [5, 5.41) is 0. The first kappa shape index (κ1) is 7.06. The fourth-order valence-corrected chi connectivity index (χ4v) is 0.739. The fourth-order valence-electron chi connectivity index (χ4n) is 0.739. The molecule has 0 aromatic heterocycles. The predicted molar refractivity (Wildman–Crippen MR) is 36.5 cm³/mol. The van der Waals surface area contributed by atoms with Gasteiger partial charge in [0.15, 0.2) is 0 Å². The number of hydrogen-bond donors (Lipinski definition) is 0. The van der Waals surface area contributed by atoms with E-state index >= 15 is 0 Å². The van der Waals surface area contributed by atoms with Crippen LogP contribution in [-0.4, -0.2) is 7.11 Å². The van der Waals surface area contributed by atoms with Crippen molar-refractivity contribution in [3.8, 4) is 5.75 Å². The Balaban J connectivity index is 3.09. The molecule has 1 aromatic carbocycles. The molecule has 1 aromatic rings. The lowest BCUT2D eigenvalue weighted by Crippen LogP contribution is -1.87. The minimum absolute atomic E-state index is 0.387. The van der Waals surface area contributed by atoms with Crippen LogP contribution < -0.4 is 4.74 Å². The Morgan fingerprint density at radius 3 is 2.80 bits per heavy atom. The van der Waals surface area contributed by atoms with Gasteiger partial charge in [-0.25, -0.2) is 4.39 Å². The van der Waals surface area contributed by atoms with E-state index in [0.717, 1.165) is 5.56 Å². The van der Waals surface area contributed by atoms with Gasteiger partial charge >= 0.3 is 0 Å². The molecular weight excluding hydrogens is 131 g/mol. The Bertz CT molecular complexity index is 233. The minimum atomic E-state index is -0.387. The quantitative estimate of drug-likeness (QED) is 0.577. The fraction of sp³-hybridized carbons (Fsp3) is 0.250. The van der Waals surface area contributed by atoms with Crippen molar-refractivity contribution in [1.82, 2.24) is 0 Å². The largest absolute Gasteiger partial charge is 0.496 e. The maximum atomic E-state index is 12.4. The van der Waals surface area contributed by atoms with Gasteiger partial charge in [0.2, 0.25) is 0 Å². The highest BCUT2D eigenvalue weighted by molar-refractivity contribution is 5.31. The zero-order valence-corrected chi connectivity index (χ0v) is 5.94. The first-order valence-corrected chi connectivity index (χ1v) is 2.96. The molecule has 0 heterocycles. The molecule has 0 aliphatic carbocycles. The number of rotatable bonds is 1. The normalized spacial score (nSPS) is 9.50. The number of aryl methyl sites for hydroxylation is 1. The molecule has 1 radical (unpaired) electrons. The maximum Gasteiger partial charge on any atom is 0.134 e. The molecule has 2 heteroatoms. The molecule has 0 atom stereocenters. The van der Waals surface area contributed by atoms with Gasteiger partial charge in [-0.1, -0.05) is 0 Å². The van der Waals surface area contributed by atoms with E-state index in [9.17, 15) is 4.39 Å². The third-order valence-electron chi connectivity index (χ3n) is 1.29. The highest BCUT2D eigenvalue weighted by atomic mass is 19.1. The molecule has 0 saturated heterocycles. The van der Waals surface area contributed by atoms with Crippen molar-refractivity contribution in [2.75, 3.05) is 7.11 Å². The second kappa shape index (κ2) is 2.69. The lowest BCUT2D eigenvalue weighted by Gasteiger charge is -2.01. The van der Waals surface area contributed by atoms with Gasteiger partial charge in [-0.15, -0.1) is 0 Å². The molecule has 53 valence electrons. The first-order chi connectivity index (χ1) is 4.74. The van der Waals surface area contributed by atoms with Crippen LogP contribution in [0.15, 0.2) is 12.1 Å². The zero-order valence-electron chi connectivity index (χ0n) is 5.94. The number of benzene rings is 1. The summed E-state index contributed by atoms with van der Waals surface area (Å²) in [6, 6.07) is 5.31. The lowest BCUT2D eigenvalue weighted by atomic mass is 10.2. The standard InChI is InChI=1S/C8H8FO/c1-6-3-4-7(9)5-8(6)10-2/h3,5H,1-2H3.